The molecule has 2 nitrogen and oxygen atoms in total. The highest BCUT2D eigenvalue weighted by Gasteiger charge is 1.96. The van der Waals surface area contributed by atoms with Crippen LogP contribution < -0.4 is 4.74 Å². The van der Waals surface area contributed by atoms with Crippen molar-refractivity contribution in [3.05, 3.63) is 29.8 Å². The minimum Gasteiger partial charge on any atom is -0.494 e. The Hall–Kier alpha value is -1.02. The van der Waals surface area contributed by atoms with Gasteiger partial charge in [0.2, 0.25) is 0 Å². The zero-order valence-corrected chi connectivity index (χ0v) is 11.8. The molecule has 1 aromatic rings. The Balaban J connectivity index is 2.08. The van der Waals surface area contributed by atoms with Gasteiger partial charge in [-0.15, -0.1) is 0 Å². The van der Waals surface area contributed by atoms with Gasteiger partial charge in [-0.3, -0.25) is 0 Å². The molecule has 0 aromatic heterocycles. The van der Waals surface area contributed by atoms with E-state index in [1.54, 1.807) is 0 Å². The fraction of sp³-hybridized carbons (Fsp3) is 0.625. The molecule has 0 N–H and O–H groups in total. The van der Waals surface area contributed by atoms with Crippen LogP contribution in [0.15, 0.2) is 24.3 Å². The van der Waals surface area contributed by atoms with Crippen LogP contribution in [0.4, 0.5) is 0 Å². The lowest BCUT2D eigenvalue weighted by atomic mass is 10.2. The molecule has 102 valence electrons. The van der Waals surface area contributed by atoms with Gasteiger partial charge >= 0.3 is 0 Å². The van der Waals surface area contributed by atoms with E-state index in [0.29, 0.717) is 13.2 Å². The van der Waals surface area contributed by atoms with Gasteiger partial charge in [-0.05, 0) is 31.0 Å². The van der Waals surface area contributed by atoms with Crippen LogP contribution in [0.1, 0.15) is 51.5 Å². The normalized spacial score (nSPS) is 10.6. The number of hydrogen-bond donors (Lipinski definition) is 0. The van der Waals surface area contributed by atoms with E-state index < -0.39 is 0 Å². The van der Waals surface area contributed by atoms with Crippen LogP contribution in [-0.2, 0) is 11.3 Å². The molecule has 2 heteroatoms. The summed E-state index contributed by atoms with van der Waals surface area (Å²) in [6, 6.07) is 8.15. The predicted octanol–water partition coefficient (Wildman–Crippen LogP) is 4.57. The first-order valence-corrected chi connectivity index (χ1v) is 7.16. The summed E-state index contributed by atoms with van der Waals surface area (Å²) in [6.07, 6.45) is 6.45. The van der Waals surface area contributed by atoms with Crippen molar-refractivity contribution in [1.29, 1.82) is 0 Å². The molecule has 0 saturated carbocycles. The van der Waals surface area contributed by atoms with E-state index in [-0.39, 0.29) is 0 Å². The lowest BCUT2D eigenvalue weighted by Crippen LogP contribution is -1.96. The topological polar surface area (TPSA) is 18.5 Å². The van der Waals surface area contributed by atoms with Crippen molar-refractivity contribution < 1.29 is 9.47 Å². The van der Waals surface area contributed by atoms with Crippen molar-refractivity contribution in [2.24, 2.45) is 0 Å². The largest absolute Gasteiger partial charge is 0.494 e. The highest BCUT2D eigenvalue weighted by molar-refractivity contribution is 5.26. The second kappa shape index (κ2) is 9.95. The predicted molar refractivity (Wildman–Crippen MR) is 76.0 cm³/mol. The molecule has 1 aromatic carbocycles. The van der Waals surface area contributed by atoms with E-state index in [1.165, 1.54) is 37.7 Å². The van der Waals surface area contributed by atoms with Gasteiger partial charge in [0.15, 0.2) is 0 Å². The smallest absolute Gasteiger partial charge is 0.119 e. The Labute approximate surface area is 111 Å². The monoisotopic (exact) mass is 250 g/mol. The van der Waals surface area contributed by atoms with Crippen molar-refractivity contribution in [2.75, 3.05) is 13.2 Å². The number of rotatable bonds is 10. The molecular formula is C16H26O2. The molecule has 1 rings (SSSR count). The molecule has 18 heavy (non-hydrogen) atoms. The number of unbranched alkanes of at least 4 members (excludes halogenated alkanes) is 4. The molecule has 0 aliphatic rings. The molecule has 0 spiro atoms. The van der Waals surface area contributed by atoms with E-state index in [2.05, 4.69) is 19.1 Å². The summed E-state index contributed by atoms with van der Waals surface area (Å²) in [5.74, 6) is 0.931. The maximum absolute atomic E-state index is 5.66. The number of hydrogen-bond acceptors (Lipinski definition) is 2. The molecule has 0 bridgehead atoms. The zero-order valence-electron chi connectivity index (χ0n) is 11.8. The molecule has 0 amide bonds. The van der Waals surface area contributed by atoms with Crippen LogP contribution in [0.25, 0.3) is 0 Å². The fourth-order valence-corrected chi connectivity index (χ4v) is 1.85. The summed E-state index contributed by atoms with van der Waals surface area (Å²) in [6.45, 7) is 6.53. The molecule has 0 radical (unpaired) electrons. The van der Waals surface area contributed by atoms with Crippen molar-refractivity contribution in [2.45, 2.75) is 52.6 Å². The van der Waals surface area contributed by atoms with Crippen molar-refractivity contribution in [3.63, 3.8) is 0 Å². The fourth-order valence-electron chi connectivity index (χ4n) is 1.85. The molecule has 0 aliphatic carbocycles. The number of ether oxygens (including phenoxy) is 2. The van der Waals surface area contributed by atoms with E-state index in [0.717, 1.165) is 12.4 Å². The van der Waals surface area contributed by atoms with Gasteiger partial charge in [-0.25, -0.2) is 0 Å². The van der Waals surface area contributed by atoms with Crippen LogP contribution in [-0.4, -0.2) is 13.2 Å². The van der Waals surface area contributed by atoms with Gasteiger partial charge in [0.05, 0.1) is 13.2 Å². The van der Waals surface area contributed by atoms with Gasteiger partial charge in [0.1, 0.15) is 5.75 Å². The van der Waals surface area contributed by atoms with Crippen molar-refractivity contribution >= 4 is 0 Å². The minimum absolute atomic E-state index is 0.709. The number of benzene rings is 1. The third kappa shape index (κ3) is 6.65. The van der Waals surface area contributed by atoms with Crippen LogP contribution in [0.5, 0.6) is 5.75 Å². The third-order valence-corrected chi connectivity index (χ3v) is 2.90. The van der Waals surface area contributed by atoms with Gasteiger partial charge in [0.25, 0.3) is 0 Å². The van der Waals surface area contributed by atoms with Crippen LogP contribution in [0.3, 0.4) is 0 Å². The lowest BCUT2D eigenvalue weighted by molar-refractivity contribution is 0.116. The van der Waals surface area contributed by atoms with E-state index in [1.807, 2.05) is 19.1 Å². The zero-order chi connectivity index (χ0) is 13.1. The summed E-state index contributed by atoms with van der Waals surface area (Å²) < 4.78 is 11.1. The van der Waals surface area contributed by atoms with Crippen LogP contribution in [0.2, 0.25) is 0 Å². The standard InChI is InChI=1S/C16H26O2/c1-3-5-6-7-8-13-17-14-15-9-11-16(12-10-15)18-4-2/h9-12H,3-8,13-14H2,1-2H3. The highest BCUT2D eigenvalue weighted by Crippen LogP contribution is 2.13. The Morgan fingerprint density at radius 1 is 0.889 bits per heavy atom. The summed E-state index contributed by atoms with van der Waals surface area (Å²) in [7, 11) is 0. The quantitative estimate of drug-likeness (QED) is 0.566. The first-order chi connectivity index (χ1) is 8.86. The van der Waals surface area contributed by atoms with Gasteiger partial charge < -0.3 is 9.47 Å². The van der Waals surface area contributed by atoms with Gasteiger partial charge in [-0.2, -0.15) is 0 Å². The molecule has 0 fully saturated rings. The Kier molecular flexibility index (Phi) is 8.32. The summed E-state index contributed by atoms with van der Waals surface area (Å²) >= 11 is 0. The highest BCUT2D eigenvalue weighted by atomic mass is 16.5. The molecule has 0 saturated heterocycles. The Bertz CT molecular complexity index is 292. The average molecular weight is 250 g/mol. The summed E-state index contributed by atoms with van der Waals surface area (Å²) in [5, 5.41) is 0. The van der Waals surface area contributed by atoms with Crippen LogP contribution >= 0.6 is 0 Å². The summed E-state index contributed by atoms with van der Waals surface area (Å²) in [4.78, 5) is 0. The van der Waals surface area contributed by atoms with E-state index in [9.17, 15) is 0 Å². The molecular weight excluding hydrogens is 224 g/mol. The van der Waals surface area contributed by atoms with Crippen molar-refractivity contribution in [3.8, 4) is 5.75 Å². The second-order valence-electron chi connectivity index (χ2n) is 4.54. The van der Waals surface area contributed by atoms with Crippen molar-refractivity contribution in [1.82, 2.24) is 0 Å². The maximum Gasteiger partial charge on any atom is 0.119 e. The third-order valence-electron chi connectivity index (χ3n) is 2.90. The van der Waals surface area contributed by atoms with Crippen LogP contribution in [0, 0.1) is 0 Å². The summed E-state index contributed by atoms with van der Waals surface area (Å²) in [5.41, 5.74) is 1.21. The molecule has 0 atom stereocenters. The SMILES string of the molecule is CCCCCCCOCc1ccc(OCC)cc1. The first-order valence-electron chi connectivity index (χ1n) is 7.16. The Morgan fingerprint density at radius 3 is 2.28 bits per heavy atom. The van der Waals surface area contributed by atoms with Gasteiger partial charge in [0, 0.05) is 6.61 Å². The average Bonchev–Trinajstić information content (AvgIpc) is 2.40. The lowest BCUT2D eigenvalue weighted by Gasteiger charge is -2.06. The van der Waals surface area contributed by atoms with E-state index >= 15 is 0 Å². The molecule has 0 unspecified atom stereocenters. The molecule has 0 aliphatic heterocycles. The van der Waals surface area contributed by atoms with E-state index in [4.69, 9.17) is 9.47 Å². The van der Waals surface area contributed by atoms with Gasteiger partial charge in [-0.1, -0.05) is 44.7 Å². The first kappa shape index (κ1) is 15.0. The Morgan fingerprint density at radius 2 is 1.61 bits per heavy atom. The maximum atomic E-state index is 5.66. The minimum atomic E-state index is 0.709. The molecule has 0 heterocycles. The second-order valence-corrected chi connectivity index (χ2v) is 4.54.